The second kappa shape index (κ2) is 6.99. The van der Waals surface area contributed by atoms with Crippen molar-refractivity contribution in [3.63, 3.8) is 0 Å². The Morgan fingerprint density at radius 1 is 1.07 bits per heavy atom. The van der Waals surface area contributed by atoms with Gasteiger partial charge in [-0.15, -0.1) is 0 Å². The molecule has 27 heavy (non-hydrogen) atoms. The maximum absolute atomic E-state index is 12.0. The summed E-state index contributed by atoms with van der Waals surface area (Å²) < 4.78 is 19.8. The molecule has 1 aliphatic rings. The van der Waals surface area contributed by atoms with E-state index in [1.54, 1.807) is 14.2 Å². The monoisotopic (exact) mass is 365 g/mol. The molecule has 140 valence electrons. The highest BCUT2D eigenvalue weighted by atomic mass is 16.5. The van der Waals surface area contributed by atoms with E-state index in [0.717, 1.165) is 59.1 Å². The van der Waals surface area contributed by atoms with Gasteiger partial charge in [-0.2, -0.15) is 0 Å². The van der Waals surface area contributed by atoms with Crippen LogP contribution in [0.2, 0.25) is 0 Å². The van der Waals surface area contributed by atoms with Gasteiger partial charge in [0.25, 0.3) is 0 Å². The second-order valence-corrected chi connectivity index (χ2v) is 6.75. The number of aromatic nitrogens is 1. The minimum Gasteiger partial charge on any atom is -0.494 e. The van der Waals surface area contributed by atoms with Crippen LogP contribution < -0.4 is 14.2 Å². The molecular weight excluding hydrogens is 342 g/mol. The van der Waals surface area contributed by atoms with Gasteiger partial charge in [0.05, 0.1) is 25.1 Å². The number of hydrogen-bond donors (Lipinski definition) is 0. The molecule has 1 aromatic heterocycles. The molecule has 5 heteroatoms. The molecule has 2 heterocycles. The number of carbonyl (C=O) groups is 1. The van der Waals surface area contributed by atoms with Crippen LogP contribution in [0.5, 0.6) is 17.2 Å². The van der Waals surface area contributed by atoms with Gasteiger partial charge >= 0.3 is 0 Å². The number of methoxy groups -OCH3 is 2. The topological polar surface area (TPSA) is 49.7 Å². The van der Waals surface area contributed by atoms with E-state index in [1.807, 2.05) is 37.3 Å². The molecule has 4 rings (SSSR count). The van der Waals surface area contributed by atoms with Crippen molar-refractivity contribution in [1.82, 2.24) is 4.57 Å². The van der Waals surface area contributed by atoms with Gasteiger partial charge in [-0.3, -0.25) is 4.79 Å². The molecule has 2 aromatic carbocycles. The number of rotatable bonds is 6. The van der Waals surface area contributed by atoms with Crippen LogP contribution in [0.3, 0.4) is 0 Å². The number of aryl methyl sites for hydroxylation is 1. The van der Waals surface area contributed by atoms with E-state index in [4.69, 9.17) is 14.2 Å². The Balaban J connectivity index is 1.97. The molecule has 0 spiro atoms. The second-order valence-electron chi connectivity index (χ2n) is 6.75. The summed E-state index contributed by atoms with van der Waals surface area (Å²) in [5, 5.41) is 0.787. The number of fused-ring (bicyclic) bond motifs is 3. The molecule has 0 saturated carbocycles. The van der Waals surface area contributed by atoms with Crippen molar-refractivity contribution in [3.8, 4) is 17.2 Å². The van der Waals surface area contributed by atoms with Gasteiger partial charge < -0.3 is 18.8 Å². The van der Waals surface area contributed by atoms with Crippen LogP contribution in [0, 0.1) is 6.92 Å². The Hall–Kier alpha value is -2.95. The van der Waals surface area contributed by atoms with Crippen molar-refractivity contribution in [2.24, 2.45) is 0 Å². The molecule has 0 N–H and O–H groups in total. The normalized spacial score (nSPS) is 12.9. The number of nitrogens with zero attached hydrogens (tertiary/aromatic N) is 1. The first-order valence-corrected chi connectivity index (χ1v) is 9.12. The SMILES string of the molecule is COc1c(C)c(OC)c2c(c(C=O)c3n2CCC3)c1OCc1ccccc1. The van der Waals surface area contributed by atoms with E-state index in [9.17, 15) is 4.79 Å². The van der Waals surface area contributed by atoms with Crippen molar-refractivity contribution in [2.45, 2.75) is 32.9 Å². The third-order valence-electron chi connectivity index (χ3n) is 5.29. The van der Waals surface area contributed by atoms with Gasteiger partial charge in [-0.05, 0) is 25.3 Å². The van der Waals surface area contributed by atoms with Crippen molar-refractivity contribution in [3.05, 3.63) is 52.7 Å². The zero-order valence-electron chi connectivity index (χ0n) is 15.9. The number of ether oxygens (including phenoxy) is 3. The Bertz CT molecular complexity index is 1000. The zero-order valence-corrected chi connectivity index (χ0v) is 15.9. The molecule has 5 nitrogen and oxygen atoms in total. The number of aldehydes is 1. The van der Waals surface area contributed by atoms with Crippen LogP contribution in [0.25, 0.3) is 10.9 Å². The lowest BCUT2D eigenvalue weighted by Crippen LogP contribution is -2.03. The zero-order chi connectivity index (χ0) is 19.0. The molecule has 0 amide bonds. The van der Waals surface area contributed by atoms with Crippen LogP contribution in [0.1, 0.15) is 33.6 Å². The highest BCUT2D eigenvalue weighted by molar-refractivity contribution is 6.07. The van der Waals surface area contributed by atoms with Crippen LogP contribution >= 0.6 is 0 Å². The minimum absolute atomic E-state index is 0.400. The maximum Gasteiger partial charge on any atom is 0.172 e. The predicted molar refractivity (Wildman–Crippen MR) is 104 cm³/mol. The molecule has 0 saturated heterocycles. The van der Waals surface area contributed by atoms with E-state index in [1.165, 1.54) is 0 Å². The first-order chi connectivity index (χ1) is 13.2. The van der Waals surface area contributed by atoms with Gasteiger partial charge in [-0.25, -0.2) is 0 Å². The summed E-state index contributed by atoms with van der Waals surface area (Å²) >= 11 is 0. The van der Waals surface area contributed by atoms with Crippen LogP contribution in [-0.4, -0.2) is 25.1 Å². The highest BCUT2D eigenvalue weighted by Crippen LogP contribution is 2.49. The Morgan fingerprint density at radius 3 is 2.48 bits per heavy atom. The lowest BCUT2D eigenvalue weighted by atomic mass is 10.0. The average molecular weight is 365 g/mol. The number of benzene rings is 2. The van der Waals surface area contributed by atoms with Crippen molar-refractivity contribution in [1.29, 1.82) is 0 Å². The van der Waals surface area contributed by atoms with Crippen LogP contribution in [0.4, 0.5) is 0 Å². The summed E-state index contributed by atoms with van der Waals surface area (Å²) in [4.78, 5) is 12.0. The minimum atomic E-state index is 0.400. The van der Waals surface area contributed by atoms with Gasteiger partial charge in [0.1, 0.15) is 12.4 Å². The summed E-state index contributed by atoms with van der Waals surface area (Å²) in [6.07, 6.45) is 2.84. The van der Waals surface area contributed by atoms with Crippen molar-refractivity contribution < 1.29 is 19.0 Å². The molecule has 0 bridgehead atoms. The molecule has 3 aromatic rings. The van der Waals surface area contributed by atoms with Crippen molar-refractivity contribution in [2.75, 3.05) is 14.2 Å². The van der Waals surface area contributed by atoms with Crippen LogP contribution in [0.15, 0.2) is 30.3 Å². The first kappa shape index (κ1) is 17.5. The van der Waals surface area contributed by atoms with Crippen molar-refractivity contribution >= 4 is 17.2 Å². The lowest BCUT2D eigenvalue weighted by Gasteiger charge is -2.19. The molecule has 0 fully saturated rings. The van der Waals surface area contributed by atoms with Gasteiger partial charge in [0.2, 0.25) is 0 Å². The molecular formula is C22H23NO4. The first-order valence-electron chi connectivity index (χ1n) is 9.12. The molecule has 0 aliphatic carbocycles. The fraction of sp³-hybridized carbons (Fsp3) is 0.318. The highest BCUT2D eigenvalue weighted by Gasteiger charge is 2.30. The van der Waals surface area contributed by atoms with Gasteiger partial charge in [0.15, 0.2) is 17.8 Å². The predicted octanol–water partition coefficient (Wildman–Crippen LogP) is 4.30. The fourth-order valence-electron chi connectivity index (χ4n) is 4.13. The standard InChI is InChI=1S/C22H23NO4/c1-14-20(25-2)19-18(16(12-24)17-10-7-11-23(17)19)22(21(14)26-3)27-13-15-8-5-4-6-9-15/h4-6,8-9,12H,7,10-11,13H2,1-3H3. The summed E-state index contributed by atoms with van der Waals surface area (Å²) in [5.41, 5.74) is 4.59. The molecule has 0 atom stereocenters. The van der Waals surface area contributed by atoms with Gasteiger partial charge in [-0.1, -0.05) is 30.3 Å². The third-order valence-corrected chi connectivity index (χ3v) is 5.29. The van der Waals surface area contributed by atoms with E-state index in [0.29, 0.717) is 23.7 Å². The van der Waals surface area contributed by atoms with Crippen LogP contribution in [-0.2, 0) is 19.6 Å². The Kier molecular flexibility index (Phi) is 4.52. The fourth-order valence-corrected chi connectivity index (χ4v) is 4.13. The molecule has 0 unspecified atom stereocenters. The maximum atomic E-state index is 12.0. The smallest absolute Gasteiger partial charge is 0.172 e. The lowest BCUT2D eigenvalue weighted by molar-refractivity contribution is 0.112. The number of hydrogen-bond acceptors (Lipinski definition) is 4. The summed E-state index contributed by atoms with van der Waals surface area (Å²) in [5.74, 6) is 1.96. The largest absolute Gasteiger partial charge is 0.494 e. The summed E-state index contributed by atoms with van der Waals surface area (Å²) in [6.45, 7) is 3.23. The number of carbonyl (C=O) groups excluding carboxylic acids is 1. The third kappa shape index (κ3) is 2.65. The molecule has 0 radical (unpaired) electrons. The van der Waals surface area contributed by atoms with E-state index < -0.39 is 0 Å². The average Bonchev–Trinajstić information content (AvgIpc) is 3.27. The molecule has 1 aliphatic heterocycles. The van der Waals surface area contributed by atoms with Gasteiger partial charge in [0, 0.05) is 23.4 Å². The van der Waals surface area contributed by atoms with E-state index in [2.05, 4.69) is 4.57 Å². The Morgan fingerprint density at radius 2 is 1.81 bits per heavy atom. The van der Waals surface area contributed by atoms with E-state index >= 15 is 0 Å². The quantitative estimate of drug-likeness (QED) is 0.611. The summed E-state index contributed by atoms with van der Waals surface area (Å²) in [6, 6.07) is 9.96. The van der Waals surface area contributed by atoms with E-state index in [-0.39, 0.29) is 0 Å². The Labute approximate surface area is 158 Å². The summed E-state index contributed by atoms with van der Waals surface area (Å²) in [7, 11) is 3.27.